The van der Waals surface area contributed by atoms with Crippen molar-refractivity contribution in [3.05, 3.63) is 35.9 Å². The standard InChI is InChI=1S/C17H25N3/c1-2-18-16(20-15-8-9-15)19-13-17(10-11-17)12-14-6-4-3-5-7-14/h3-7,15H,2,8-13H2,1H3,(H2,18,19,20). The molecule has 0 aliphatic heterocycles. The van der Waals surface area contributed by atoms with Crippen molar-refractivity contribution in [3.63, 3.8) is 0 Å². The molecular formula is C17H25N3. The molecular weight excluding hydrogens is 246 g/mol. The molecule has 0 spiro atoms. The first-order valence-electron chi connectivity index (χ1n) is 7.88. The van der Waals surface area contributed by atoms with Crippen molar-refractivity contribution in [2.45, 2.75) is 45.1 Å². The third-order valence-corrected chi connectivity index (χ3v) is 4.21. The molecule has 20 heavy (non-hydrogen) atoms. The fraction of sp³-hybridized carbons (Fsp3) is 0.588. The van der Waals surface area contributed by atoms with Gasteiger partial charge in [0.2, 0.25) is 0 Å². The van der Waals surface area contributed by atoms with Gasteiger partial charge in [-0.3, -0.25) is 4.99 Å². The van der Waals surface area contributed by atoms with Crippen LogP contribution >= 0.6 is 0 Å². The topological polar surface area (TPSA) is 36.4 Å². The Morgan fingerprint density at radius 3 is 2.60 bits per heavy atom. The number of aliphatic imine (C=N–C) groups is 1. The van der Waals surface area contributed by atoms with Crippen LogP contribution in [0.15, 0.2) is 35.3 Å². The summed E-state index contributed by atoms with van der Waals surface area (Å²) in [6.45, 7) is 4.01. The number of hydrogen-bond acceptors (Lipinski definition) is 1. The molecule has 0 unspecified atom stereocenters. The Morgan fingerprint density at radius 2 is 2.00 bits per heavy atom. The maximum Gasteiger partial charge on any atom is 0.191 e. The Morgan fingerprint density at radius 1 is 1.25 bits per heavy atom. The SMILES string of the molecule is CCNC(=NCC1(Cc2ccccc2)CC1)NC1CC1. The third kappa shape index (κ3) is 3.75. The van der Waals surface area contributed by atoms with E-state index in [1.54, 1.807) is 0 Å². The summed E-state index contributed by atoms with van der Waals surface area (Å²) in [6.07, 6.45) is 6.38. The van der Waals surface area contributed by atoms with Gasteiger partial charge in [-0.05, 0) is 50.0 Å². The second kappa shape index (κ2) is 5.86. The molecule has 3 heteroatoms. The van der Waals surface area contributed by atoms with E-state index in [9.17, 15) is 0 Å². The summed E-state index contributed by atoms with van der Waals surface area (Å²) in [5.41, 5.74) is 1.87. The second-order valence-corrected chi connectivity index (χ2v) is 6.28. The van der Waals surface area contributed by atoms with Crippen molar-refractivity contribution in [2.75, 3.05) is 13.1 Å². The van der Waals surface area contributed by atoms with Crippen LogP contribution in [0.25, 0.3) is 0 Å². The van der Waals surface area contributed by atoms with Gasteiger partial charge in [0, 0.05) is 19.1 Å². The normalized spacial score (nSPS) is 20.6. The van der Waals surface area contributed by atoms with Crippen LogP contribution in [0.1, 0.15) is 38.2 Å². The largest absolute Gasteiger partial charge is 0.357 e. The van der Waals surface area contributed by atoms with Crippen LogP contribution < -0.4 is 10.6 Å². The smallest absolute Gasteiger partial charge is 0.191 e. The van der Waals surface area contributed by atoms with Gasteiger partial charge < -0.3 is 10.6 Å². The van der Waals surface area contributed by atoms with Crippen LogP contribution in [0, 0.1) is 5.41 Å². The maximum absolute atomic E-state index is 4.82. The molecule has 3 rings (SSSR count). The van der Waals surface area contributed by atoms with Crippen LogP contribution in [0.5, 0.6) is 0 Å². The summed E-state index contributed by atoms with van der Waals surface area (Å²) in [4.78, 5) is 4.82. The fourth-order valence-electron chi connectivity index (χ4n) is 2.58. The Balaban J connectivity index is 1.57. The molecule has 108 valence electrons. The Bertz CT molecular complexity index is 458. The summed E-state index contributed by atoms with van der Waals surface area (Å²) in [7, 11) is 0. The molecule has 2 fully saturated rings. The minimum absolute atomic E-state index is 0.424. The van der Waals surface area contributed by atoms with Gasteiger partial charge in [-0.15, -0.1) is 0 Å². The first-order valence-corrected chi connectivity index (χ1v) is 7.88. The monoisotopic (exact) mass is 271 g/mol. The van der Waals surface area contributed by atoms with E-state index in [4.69, 9.17) is 4.99 Å². The average Bonchev–Trinajstić information content (AvgIpc) is 3.36. The molecule has 0 radical (unpaired) electrons. The lowest BCUT2D eigenvalue weighted by atomic mass is 9.97. The highest BCUT2D eigenvalue weighted by atomic mass is 15.2. The van der Waals surface area contributed by atoms with E-state index in [0.717, 1.165) is 19.0 Å². The average molecular weight is 271 g/mol. The van der Waals surface area contributed by atoms with E-state index in [1.165, 1.54) is 37.7 Å². The quantitative estimate of drug-likeness (QED) is 0.616. The lowest BCUT2D eigenvalue weighted by Gasteiger charge is -2.15. The molecule has 0 saturated heterocycles. The highest BCUT2D eigenvalue weighted by Crippen LogP contribution is 2.48. The number of benzene rings is 1. The van der Waals surface area contributed by atoms with Gasteiger partial charge in [-0.1, -0.05) is 30.3 Å². The van der Waals surface area contributed by atoms with E-state index in [2.05, 4.69) is 47.9 Å². The van der Waals surface area contributed by atoms with E-state index in [-0.39, 0.29) is 0 Å². The van der Waals surface area contributed by atoms with Crippen LogP contribution in [0.4, 0.5) is 0 Å². The van der Waals surface area contributed by atoms with Crippen molar-refractivity contribution >= 4 is 5.96 Å². The fourth-order valence-corrected chi connectivity index (χ4v) is 2.58. The lowest BCUT2D eigenvalue weighted by molar-refractivity contribution is 0.519. The molecule has 0 atom stereocenters. The van der Waals surface area contributed by atoms with Crippen molar-refractivity contribution < 1.29 is 0 Å². The second-order valence-electron chi connectivity index (χ2n) is 6.28. The molecule has 3 nitrogen and oxygen atoms in total. The summed E-state index contributed by atoms with van der Waals surface area (Å²) in [5, 5.41) is 6.85. The van der Waals surface area contributed by atoms with E-state index in [1.807, 2.05) is 0 Å². The number of rotatable bonds is 6. The van der Waals surface area contributed by atoms with Gasteiger partial charge in [-0.25, -0.2) is 0 Å². The highest BCUT2D eigenvalue weighted by molar-refractivity contribution is 5.80. The third-order valence-electron chi connectivity index (χ3n) is 4.21. The van der Waals surface area contributed by atoms with Crippen molar-refractivity contribution in [1.82, 2.24) is 10.6 Å². The van der Waals surface area contributed by atoms with Crippen LogP contribution in [0.2, 0.25) is 0 Å². The van der Waals surface area contributed by atoms with Gasteiger partial charge in [-0.2, -0.15) is 0 Å². The molecule has 2 aliphatic rings. The van der Waals surface area contributed by atoms with Gasteiger partial charge in [0.25, 0.3) is 0 Å². The predicted molar refractivity (Wildman–Crippen MR) is 83.9 cm³/mol. The molecule has 2 saturated carbocycles. The zero-order valence-electron chi connectivity index (χ0n) is 12.4. The minimum Gasteiger partial charge on any atom is -0.357 e. The lowest BCUT2D eigenvalue weighted by Crippen LogP contribution is -2.39. The summed E-state index contributed by atoms with van der Waals surface area (Å²) < 4.78 is 0. The Hall–Kier alpha value is -1.51. The summed E-state index contributed by atoms with van der Waals surface area (Å²) >= 11 is 0. The molecule has 2 aliphatic carbocycles. The van der Waals surface area contributed by atoms with E-state index < -0.39 is 0 Å². The Labute approximate surface area is 121 Å². The number of guanidine groups is 1. The van der Waals surface area contributed by atoms with Gasteiger partial charge in [0.1, 0.15) is 0 Å². The molecule has 0 amide bonds. The first kappa shape index (κ1) is 13.5. The molecule has 1 aromatic rings. The van der Waals surface area contributed by atoms with Gasteiger partial charge >= 0.3 is 0 Å². The maximum atomic E-state index is 4.82. The molecule has 1 aromatic carbocycles. The first-order chi connectivity index (χ1) is 9.80. The van der Waals surface area contributed by atoms with Crippen LogP contribution in [0.3, 0.4) is 0 Å². The molecule has 2 N–H and O–H groups in total. The van der Waals surface area contributed by atoms with Crippen LogP contribution in [-0.4, -0.2) is 25.1 Å². The molecule has 0 bridgehead atoms. The van der Waals surface area contributed by atoms with Crippen molar-refractivity contribution in [2.24, 2.45) is 10.4 Å². The minimum atomic E-state index is 0.424. The number of nitrogens with zero attached hydrogens (tertiary/aromatic N) is 1. The number of hydrogen-bond donors (Lipinski definition) is 2. The highest BCUT2D eigenvalue weighted by Gasteiger charge is 2.42. The van der Waals surface area contributed by atoms with Crippen molar-refractivity contribution in [3.8, 4) is 0 Å². The predicted octanol–water partition coefficient (Wildman–Crippen LogP) is 2.73. The summed E-state index contributed by atoms with van der Waals surface area (Å²) in [6, 6.07) is 11.5. The van der Waals surface area contributed by atoms with Gasteiger partial charge in [0.15, 0.2) is 5.96 Å². The summed E-state index contributed by atoms with van der Waals surface area (Å²) in [5.74, 6) is 1.01. The van der Waals surface area contributed by atoms with E-state index >= 15 is 0 Å². The number of nitrogens with one attached hydrogen (secondary N) is 2. The van der Waals surface area contributed by atoms with Crippen LogP contribution in [-0.2, 0) is 6.42 Å². The molecule has 0 heterocycles. The zero-order chi connectivity index (χ0) is 13.8. The Kier molecular flexibility index (Phi) is 3.95. The van der Waals surface area contributed by atoms with Gasteiger partial charge in [0.05, 0.1) is 0 Å². The zero-order valence-corrected chi connectivity index (χ0v) is 12.4. The van der Waals surface area contributed by atoms with E-state index in [0.29, 0.717) is 11.5 Å². The molecule has 0 aromatic heterocycles. The van der Waals surface area contributed by atoms with Crippen molar-refractivity contribution in [1.29, 1.82) is 0 Å².